The number of Topliss-reactive ketones (excluding diaryl/α,β-unsaturated/α-hetero) is 1. The largest absolute Gasteiger partial charge is 0.508 e. The number of carbonyl (C=O) groups excluding carboxylic acids is 4. The van der Waals surface area contributed by atoms with E-state index in [0.717, 1.165) is 17.0 Å². The minimum Gasteiger partial charge on any atom is -0.508 e. The summed E-state index contributed by atoms with van der Waals surface area (Å²) in [5.74, 6) is -7.43. The third-order valence-corrected chi connectivity index (χ3v) is 12.1. The summed E-state index contributed by atoms with van der Waals surface area (Å²) in [6.45, 7) is 0. The third-order valence-electron chi connectivity index (χ3n) is 11.8. The van der Waals surface area contributed by atoms with Gasteiger partial charge in [-0.3, -0.25) is 39.4 Å². The highest BCUT2D eigenvalue weighted by Crippen LogP contribution is 2.64. The van der Waals surface area contributed by atoms with Gasteiger partial charge in [0.2, 0.25) is 11.8 Å². The standard InChI is InChI=1S/C42H33ClN4O9/c1-44(2)38-32(46(53)54)18-25(19-33(38)47(55)56)45-40(51)27-15-14-26-29(36(27)41(45)52)20-31-39(50)28(22-9-5-3-6-10-22)21-35(49)42(31,23-11-7-4-8-12-23)37(26)30-17-24(43)13-16-34(30)48/h3-14,16-19,21,27,29,31,36-37,48H,15,20H2,1-2H3/t27-,29+,31-,36-,37+,42-/m0/s1. The summed E-state index contributed by atoms with van der Waals surface area (Å²) in [5.41, 5.74) is -1.50. The molecule has 8 rings (SSSR count). The number of benzene rings is 4. The molecular formula is C42H33ClN4O9. The van der Waals surface area contributed by atoms with Gasteiger partial charge in [0.1, 0.15) is 5.75 Å². The molecule has 4 aromatic rings. The van der Waals surface area contributed by atoms with Crippen LogP contribution in [0.3, 0.4) is 0 Å². The number of phenols is 1. The number of ketones is 2. The minimum atomic E-state index is -1.61. The molecule has 1 N–H and O–H groups in total. The van der Waals surface area contributed by atoms with Crippen molar-refractivity contribution in [2.75, 3.05) is 23.9 Å². The molecule has 14 heteroatoms. The first-order chi connectivity index (χ1) is 26.8. The van der Waals surface area contributed by atoms with E-state index < -0.39 is 68.0 Å². The van der Waals surface area contributed by atoms with E-state index in [4.69, 9.17) is 11.6 Å². The van der Waals surface area contributed by atoms with Gasteiger partial charge in [-0.2, -0.15) is 0 Å². The van der Waals surface area contributed by atoms with Crippen LogP contribution in [0.2, 0.25) is 5.02 Å². The highest BCUT2D eigenvalue weighted by molar-refractivity contribution is 6.32. The zero-order chi connectivity index (χ0) is 39.8. The number of anilines is 2. The number of imide groups is 1. The van der Waals surface area contributed by atoms with Crippen molar-refractivity contribution in [3.05, 3.63) is 151 Å². The van der Waals surface area contributed by atoms with Crippen LogP contribution in [0, 0.1) is 43.9 Å². The van der Waals surface area contributed by atoms with Gasteiger partial charge in [0.25, 0.3) is 0 Å². The molecule has 0 radical (unpaired) electrons. The number of hydrogen-bond acceptors (Lipinski definition) is 10. The Balaban J connectivity index is 1.34. The molecule has 2 fully saturated rings. The average molecular weight is 773 g/mol. The van der Waals surface area contributed by atoms with Gasteiger partial charge < -0.3 is 10.0 Å². The Morgan fingerprint density at radius 2 is 1.46 bits per heavy atom. The van der Waals surface area contributed by atoms with Crippen molar-refractivity contribution in [3.8, 4) is 5.75 Å². The molecule has 0 spiro atoms. The Bertz CT molecular complexity index is 2430. The number of aromatic hydroxyl groups is 1. The van der Waals surface area contributed by atoms with Crippen molar-refractivity contribution in [2.45, 2.75) is 24.2 Å². The van der Waals surface area contributed by atoms with Crippen LogP contribution in [0.1, 0.15) is 35.4 Å². The molecule has 0 aromatic heterocycles. The van der Waals surface area contributed by atoms with Crippen molar-refractivity contribution in [3.63, 3.8) is 0 Å². The predicted octanol–water partition coefficient (Wildman–Crippen LogP) is 6.96. The maximum Gasteiger partial charge on any atom is 0.301 e. The number of carbonyl (C=O) groups is 4. The SMILES string of the molecule is CN(C)c1c([N+](=O)[O-])cc(N2C(=O)[C@H]3[C@H](CC=C4[C@H]3C[C@H]3C(=O)C(c5ccccc5)=CC(=O)[C@@]3(c3ccccc3)[C@H]4c3cc(Cl)ccc3O)C2=O)cc1[N+](=O)[O-]. The van der Waals surface area contributed by atoms with Crippen LogP contribution < -0.4 is 9.80 Å². The molecule has 56 heavy (non-hydrogen) atoms. The van der Waals surface area contributed by atoms with Crippen molar-refractivity contribution in [2.24, 2.45) is 23.7 Å². The molecule has 13 nitrogen and oxygen atoms in total. The first-order valence-electron chi connectivity index (χ1n) is 17.9. The van der Waals surface area contributed by atoms with E-state index in [0.29, 0.717) is 16.7 Å². The maximum absolute atomic E-state index is 15.2. The number of halogens is 1. The lowest BCUT2D eigenvalue weighted by atomic mass is 9.44. The molecule has 0 bridgehead atoms. The molecule has 0 unspecified atom stereocenters. The van der Waals surface area contributed by atoms with Crippen LogP contribution in [0.5, 0.6) is 5.75 Å². The molecule has 1 saturated carbocycles. The van der Waals surface area contributed by atoms with Crippen molar-refractivity contribution < 1.29 is 34.1 Å². The second kappa shape index (κ2) is 13.4. The van der Waals surface area contributed by atoms with Gasteiger partial charge in [-0.15, -0.1) is 0 Å². The molecule has 4 aromatic carbocycles. The molecule has 4 aliphatic rings. The second-order valence-corrected chi connectivity index (χ2v) is 15.2. The molecule has 1 heterocycles. The smallest absolute Gasteiger partial charge is 0.301 e. The second-order valence-electron chi connectivity index (χ2n) is 14.7. The fraction of sp³-hybridized carbons (Fsp3) is 0.238. The normalized spacial score (nSPS) is 25.5. The number of nitrogens with zero attached hydrogens (tertiary/aromatic N) is 4. The fourth-order valence-corrected chi connectivity index (χ4v) is 9.87. The van der Waals surface area contributed by atoms with Crippen LogP contribution in [-0.4, -0.2) is 52.4 Å². The van der Waals surface area contributed by atoms with Gasteiger partial charge in [-0.25, -0.2) is 4.90 Å². The monoisotopic (exact) mass is 772 g/mol. The van der Waals surface area contributed by atoms with Gasteiger partial charge in [0.15, 0.2) is 17.3 Å². The van der Waals surface area contributed by atoms with E-state index in [1.54, 1.807) is 72.8 Å². The van der Waals surface area contributed by atoms with Crippen LogP contribution >= 0.6 is 11.6 Å². The zero-order valence-electron chi connectivity index (χ0n) is 30.0. The number of rotatable bonds is 7. The van der Waals surface area contributed by atoms with E-state index in [1.807, 2.05) is 0 Å². The van der Waals surface area contributed by atoms with E-state index >= 15 is 9.59 Å². The van der Waals surface area contributed by atoms with Crippen molar-refractivity contribution in [1.29, 1.82) is 0 Å². The Labute approximate surface area is 324 Å². The number of allylic oxidation sites excluding steroid dienone is 4. The number of hydrogen-bond donors (Lipinski definition) is 1. The zero-order valence-corrected chi connectivity index (χ0v) is 30.8. The lowest BCUT2D eigenvalue weighted by Gasteiger charge is -2.55. The number of nitro benzene ring substituents is 2. The number of fused-ring (bicyclic) bond motifs is 4. The lowest BCUT2D eigenvalue weighted by Crippen LogP contribution is -2.58. The summed E-state index contributed by atoms with van der Waals surface area (Å²) in [5, 5.41) is 36.3. The summed E-state index contributed by atoms with van der Waals surface area (Å²) in [7, 11) is 2.82. The highest BCUT2D eigenvalue weighted by atomic mass is 35.5. The Hall–Kier alpha value is -6.47. The fourth-order valence-electron chi connectivity index (χ4n) is 9.69. The Kier molecular flexibility index (Phi) is 8.72. The number of nitro groups is 2. The lowest BCUT2D eigenvalue weighted by molar-refractivity contribution is -0.392. The average Bonchev–Trinajstić information content (AvgIpc) is 3.45. The van der Waals surface area contributed by atoms with Crippen molar-refractivity contribution >= 4 is 63.3 Å². The first-order valence-corrected chi connectivity index (χ1v) is 18.3. The molecule has 282 valence electrons. The van der Waals surface area contributed by atoms with Crippen LogP contribution in [0.25, 0.3) is 5.57 Å². The summed E-state index contributed by atoms with van der Waals surface area (Å²) >= 11 is 6.57. The summed E-state index contributed by atoms with van der Waals surface area (Å²) in [6, 6.07) is 24.0. The number of phenolic OH excluding ortho intramolecular Hbond substituents is 1. The Morgan fingerprint density at radius 1 is 0.839 bits per heavy atom. The molecule has 2 amide bonds. The summed E-state index contributed by atoms with van der Waals surface area (Å²) in [4.78, 5) is 84.2. The summed E-state index contributed by atoms with van der Waals surface area (Å²) in [6.07, 6.45) is 3.13. The van der Waals surface area contributed by atoms with Gasteiger partial charge in [-0.05, 0) is 54.2 Å². The minimum absolute atomic E-state index is 0.0121. The molecule has 1 saturated heterocycles. The number of amides is 2. The molecule has 3 aliphatic carbocycles. The first kappa shape index (κ1) is 36.5. The third kappa shape index (κ3) is 5.29. The highest BCUT2D eigenvalue weighted by Gasteiger charge is 2.66. The van der Waals surface area contributed by atoms with E-state index in [2.05, 4.69) is 0 Å². The van der Waals surface area contributed by atoms with Gasteiger partial charge >= 0.3 is 11.4 Å². The molecule has 1 aliphatic heterocycles. The van der Waals surface area contributed by atoms with Gasteiger partial charge in [0, 0.05) is 54.2 Å². The quantitative estimate of drug-likeness (QED) is 0.0893. The van der Waals surface area contributed by atoms with Crippen LogP contribution in [-0.2, 0) is 24.6 Å². The summed E-state index contributed by atoms with van der Waals surface area (Å²) < 4.78 is 0. The Morgan fingerprint density at radius 3 is 2.07 bits per heavy atom. The maximum atomic E-state index is 15.2. The predicted molar refractivity (Wildman–Crippen MR) is 206 cm³/mol. The van der Waals surface area contributed by atoms with E-state index in [9.17, 15) is 34.9 Å². The molecular weight excluding hydrogens is 740 g/mol. The van der Waals surface area contributed by atoms with Gasteiger partial charge in [-0.1, -0.05) is 83.9 Å². The van der Waals surface area contributed by atoms with Crippen molar-refractivity contribution in [1.82, 2.24) is 0 Å². The molecule has 6 atom stereocenters. The van der Waals surface area contributed by atoms with Gasteiger partial charge in [0.05, 0.1) is 32.8 Å². The van der Waals surface area contributed by atoms with E-state index in [1.165, 1.54) is 37.2 Å². The van der Waals surface area contributed by atoms with Crippen LogP contribution in [0.4, 0.5) is 22.7 Å². The van der Waals surface area contributed by atoms with E-state index in [-0.39, 0.29) is 57.7 Å². The topological polar surface area (TPSA) is 181 Å². The van der Waals surface area contributed by atoms with Crippen LogP contribution in [0.15, 0.2) is 109 Å².